The fourth-order valence-corrected chi connectivity index (χ4v) is 2.06. The van der Waals surface area contributed by atoms with Crippen molar-refractivity contribution < 1.29 is 22.8 Å². The summed E-state index contributed by atoms with van der Waals surface area (Å²) in [5.41, 5.74) is -1.22. The van der Waals surface area contributed by atoms with Crippen LogP contribution in [0.5, 0.6) is 5.75 Å². The fraction of sp³-hybridized carbons (Fsp3) is 0.267. The first-order chi connectivity index (χ1) is 11.2. The Balaban J connectivity index is 2.31. The third kappa shape index (κ3) is 3.92. The molecule has 6 nitrogen and oxygen atoms in total. The van der Waals surface area contributed by atoms with E-state index in [9.17, 15) is 23.3 Å². The summed E-state index contributed by atoms with van der Waals surface area (Å²) in [7, 11) is 1.51. The van der Waals surface area contributed by atoms with Gasteiger partial charge >= 0.3 is 6.18 Å². The molecule has 1 aromatic carbocycles. The Morgan fingerprint density at radius 1 is 1.29 bits per heavy atom. The average molecular weight is 341 g/mol. The quantitative estimate of drug-likeness (QED) is 0.658. The molecule has 0 radical (unpaired) electrons. The molecule has 0 bridgehead atoms. The Bertz CT molecular complexity index is 746. The molecule has 0 aliphatic heterocycles. The van der Waals surface area contributed by atoms with Crippen LogP contribution in [0.15, 0.2) is 30.3 Å². The number of aryl methyl sites for hydroxylation is 1. The maximum Gasteiger partial charge on any atom is 0.420 e. The summed E-state index contributed by atoms with van der Waals surface area (Å²) in [6.07, 6.45) is -4.76. The smallest absolute Gasteiger partial charge is 0.420 e. The van der Waals surface area contributed by atoms with E-state index >= 15 is 0 Å². The number of ether oxygens (including phenoxy) is 1. The second kappa shape index (κ2) is 6.73. The molecule has 9 heteroatoms. The van der Waals surface area contributed by atoms with Crippen LogP contribution in [0.4, 0.5) is 24.7 Å². The Kier molecular flexibility index (Phi) is 4.91. The van der Waals surface area contributed by atoms with Crippen LogP contribution in [-0.2, 0) is 12.7 Å². The van der Waals surface area contributed by atoms with Gasteiger partial charge in [0.15, 0.2) is 0 Å². The van der Waals surface area contributed by atoms with Gasteiger partial charge in [0.05, 0.1) is 12.0 Å². The van der Waals surface area contributed by atoms with Crippen LogP contribution in [0.3, 0.4) is 0 Å². The van der Waals surface area contributed by atoms with Crippen LogP contribution in [0.1, 0.15) is 16.8 Å². The number of nitrogens with zero attached hydrogens (tertiary/aromatic N) is 2. The van der Waals surface area contributed by atoms with Crippen LogP contribution >= 0.6 is 0 Å². The number of nitro groups is 1. The van der Waals surface area contributed by atoms with Crippen molar-refractivity contribution in [3.63, 3.8) is 0 Å². The lowest BCUT2D eigenvalue weighted by atomic mass is 10.1. The summed E-state index contributed by atoms with van der Waals surface area (Å²) in [4.78, 5) is 13.6. The van der Waals surface area contributed by atoms with E-state index in [0.717, 1.165) is 0 Å². The zero-order valence-corrected chi connectivity index (χ0v) is 12.8. The summed E-state index contributed by atoms with van der Waals surface area (Å²) in [6.45, 7) is 1.37. The van der Waals surface area contributed by atoms with Gasteiger partial charge in [0.2, 0.25) is 0 Å². The molecule has 0 aliphatic rings. The summed E-state index contributed by atoms with van der Waals surface area (Å²) in [6, 6.07) is 7.24. The number of aromatic nitrogens is 1. The Hall–Kier alpha value is -2.84. The normalized spacial score (nSPS) is 11.2. The van der Waals surface area contributed by atoms with Crippen molar-refractivity contribution >= 4 is 11.5 Å². The molecule has 1 N–H and O–H groups in total. The average Bonchev–Trinajstić information content (AvgIpc) is 2.51. The van der Waals surface area contributed by atoms with E-state index in [-0.39, 0.29) is 12.2 Å². The Labute approximate surface area is 135 Å². The molecule has 0 unspecified atom stereocenters. The van der Waals surface area contributed by atoms with Crippen molar-refractivity contribution in [2.24, 2.45) is 0 Å². The molecule has 0 saturated heterocycles. The van der Waals surface area contributed by atoms with Gasteiger partial charge in [-0.1, -0.05) is 12.1 Å². The number of hydrogen-bond acceptors (Lipinski definition) is 5. The predicted molar refractivity (Wildman–Crippen MR) is 81.0 cm³/mol. The molecule has 0 amide bonds. The first-order valence-electron chi connectivity index (χ1n) is 6.82. The van der Waals surface area contributed by atoms with Gasteiger partial charge in [-0.25, -0.2) is 4.98 Å². The molecule has 1 aromatic heterocycles. The van der Waals surface area contributed by atoms with Crippen molar-refractivity contribution in [2.75, 3.05) is 12.4 Å². The van der Waals surface area contributed by atoms with Crippen molar-refractivity contribution in [1.29, 1.82) is 0 Å². The van der Waals surface area contributed by atoms with Crippen molar-refractivity contribution in [3.8, 4) is 5.75 Å². The first kappa shape index (κ1) is 17.5. The number of nitrogens with one attached hydrogen (secondary N) is 1. The lowest BCUT2D eigenvalue weighted by molar-refractivity contribution is -0.386. The predicted octanol–water partition coefficient (Wildman–Crippen LogP) is 3.94. The zero-order valence-electron chi connectivity index (χ0n) is 12.8. The Morgan fingerprint density at radius 3 is 2.42 bits per heavy atom. The number of methoxy groups -OCH3 is 1. The molecule has 0 aliphatic carbocycles. The van der Waals surface area contributed by atoms with E-state index in [1.807, 2.05) is 0 Å². The minimum absolute atomic E-state index is 0.0807. The van der Waals surface area contributed by atoms with E-state index in [2.05, 4.69) is 10.3 Å². The number of pyridine rings is 1. The highest BCUT2D eigenvalue weighted by Gasteiger charge is 2.37. The number of rotatable bonds is 5. The molecular formula is C15H14F3N3O3. The van der Waals surface area contributed by atoms with Gasteiger partial charge in [-0.2, -0.15) is 13.2 Å². The summed E-state index contributed by atoms with van der Waals surface area (Å²) in [5.74, 6) is 0.181. The standard InChI is InChI=1S/C15H14F3N3O3/c1-9-13(21(22)23)7-12(15(16,17)18)14(20-9)19-8-10-3-5-11(24-2)6-4-10/h3-7H,8H2,1-2H3,(H,19,20). The lowest BCUT2D eigenvalue weighted by Crippen LogP contribution is -2.14. The Morgan fingerprint density at radius 2 is 1.92 bits per heavy atom. The molecule has 0 spiro atoms. The van der Waals surface area contributed by atoms with Gasteiger partial charge < -0.3 is 10.1 Å². The van der Waals surface area contributed by atoms with E-state index in [1.54, 1.807) is 24.3 Å². The van der Waals surface area contributed by atoms with Crippen molar-refractivity contribution in [2.45, 2.75) is 19.6 Å². The zero-order chi connectivity index (χ0) is 17.9. The molecule has 128 valence electrons. The number of alkyl halides is 3. The summed E-state index contributed by atoms with van der Waals surface area (Å²) >= 11 is 0. The van der Waals surface area contributed by atoms with Crippen LogP contribution in [0, 0.1) is 17.0 Å². The molecule has 2 rings (SSSR count). The second-order valence-corrected chi connectivity index (χ2v) is 4.95. The molecule has 0 atom stereocenters. The SMILES string of the molecule is COc1ccc(CNc2nc(C)c([N+](=O)[O-])cc2C(F)(F)F)cc1. The van der Waals surface area contributed by atoms with Crippen molar-refractivity contribution in [3.05, 3.63) is 57.3 Å². The van der Waals surface area contributed by atoms with E-state index in [0.29, 0.717) is 17.4 Å². The van der Waals surface area contributed by atoms with Crippen molar-refractivity contribution in [1.82, 2.24) is 4.98 Å². The minimum Gasteiger partial charge on any atom is -0.497 e. The molecule has 1 heterocycles. The number of hydrogen-bond donors (Lipinski definition) is 1. The van der Waals surface area contributed by atoms with Crippen LogP contribution in [0.25, 0.3) is 0 Å². The fourth-order valence-electron chi connectivity index (χ4n) is 2.06. The highest BCUT2D eigenvalue weighted by Crippen LogP contribution is 2.37. The largest absolute Gasteiger partial charge is 0.497 e. The van der Waals surface area contributed by atoms with Gasteiger partial charge in [0.25, 0.3) is 5.69 Å². The molecular weight excluding hydrogens is 327 g/mol. The minimum atomic E-state index is -4.76. The molecule has 24 heavy (non-hydrogen) atoms. The summed E-state index contributed by atoms with van der Waals surface area (Å²) < 4.78 is 44.4. The third-order valence-electron chi connectivity index (χ3n) is 3.31. The maximum atomic E-state index is 13.1. The molecule has 2 aromatic rings. The van der Waals surface area contributed by atoms with Gasteiger partial charge in [-0.05, 0) is 24.6 Å². The molecule has 0 saturated carbocycles. The number of anilines is 1. The van der Waals surface area contributed by atoms with Gasteiger partial charge in [-0.3, -0.25) is 10.1 Å². The van der Waals surface area contributed by atoms with E-state index in [1.165, 1.54) is 14.0 Å². The highest BCUT2D eigenvalue weighted by molar-refractivity contribution is 5.54. The summed E-state index contributed by atoms with van der Waals surface area (Å²) in [5, 5.41) is 13.4. The van der Waals surface area contributed by atoms with Crippen LogP contribution < -0.4 is 10.1 Å². The van der Waals surface area contributed by atoms with Gasteiger partial charge in [0.1, 0.15) is 22.8 Å². The van der Waals surface area contributed by atoms with E-state index < -0.39 is 28.2 Å². The number of halogens is 3. The maximum absolute atomic E-state index is 13.1. The van der Waals surface area contributed by atoms with Crippen LogP contribution in [0.2, 0.25) is 0 Å². The topological polar surface area (TPSA) is 77.3 Å². The monoisotopic (exact) mass is 341 g/mol. The second-order valence-electron chi connectivity index (χ2n) is 4.95. The van der Waals surface area contributed by atoms with Crippen LogP contribution in [-0.4, -0.2) is 17.0 Å². The van der Waals surface area contributed by atoms with Gasteiger partial charge in [-0.15, -0.1) is 0 Å². The molecule has 0 fully saturated rings. The van der Waals surface area contributed by atoms with E-state index in [4.69, 9.17) is 4.74 Å². The number of benzene rings is 1. The first-order valence-corrected chi connectivity index (χ1v) is 6.82. The third-order valence-corrected chi connectivity index (χ3v) is 3.31. The lowest BCUT2D eigenvalue weighted by Gasteiger charge is -2.14. The highest BCUT2D eigenvalue weighted by atomic mass is 19.4. The van der Waals surface area contributed by atoms with Gasteiger partial charge in [0, 0.05) is 12.6 Å².